The summed E-state index contributed by atoms with van der Waals surface area (Å²) >= 11 is 0. The zero-order valence-electron chi connectivity index (χ0n) is 13.0. The zero-order valence-corrected chi connectivity index (χ0v) is 13.0. The monoisotopic (exact) mass is 243 g/mol. The van der Waals surface area contributed by atoms with Gasteiger partial charge in [0.25, 0.3) is 0 Å². The third-order valence-corrected chi connectivity index (χ3v) is 2.77. The normalized spacial score (nSPS) is 16.2. The van der Waals surface area contributed by atoms with E-state index in [0.29, 0.717) is 17.6 Å². The minimum atomic E-state index is 0.328. The molecule has 2 heteroatoms. The fourth-order valence-electron chi connectivity index (χ4n) is 2.42. The van der Waals surface area contributed by atoms with Crippen LogP contribution in [0, 0.1) is 11.3 Å². The van der Waals surface area contributed by atoms with Crippen LogP contribution < -0.4 is 5.32 Å². The summed E-state index contributed by atoms with van der Waals surface area (Å²) in [6.45, 7) is 17.5. The molecule has 0 aromatic carbocycles. The predicted molar refractivity (Wildman–Crippen MR) is 76.4 cm³/mol. The van der Waals surface area contributed by atoms with Gasteiger partial charge in [0, 0.05) is 6.04 Å². The molecule has 104 valence electrons. The molecule has 0 rings (SSSR count). The summed E-state index contributed by atoms with van der Waals surface area (Å²) < 4.78 is 5.73. The van der Waals surface area contributed by atoms with E-state index in [2.05, 4.69) is 53.8 Å². The Morgan fingerprint density at radius 3 is 2.12 bits per heavy atom. The molecule has 1 N–H and O–H groups in total. The van der Waals surface area contributed by atoms with Crippen molar-refractivity contribution in [1.82, 2.24) is 5.32 Å². The largest absolute Gasteiger partial charge is 0.377 e. The van der Waals surface area contributed by atoms with Crippen LogP contribution in [-0.4, -0.2) is 25.3 Å². The van der Waals surface area contributed by atoms with E-state index >= 15 is 0 Å². The standard InChI is InChI=1S/C15H33NO/c1-8-16-14(11-17-12(2)3)9-13(4)10-15(5,6)7/h12-14,16H,8-11H2,1-7H3. The first-order chi connectivity index (χ1) is 7.74. The number of hydrogen-bond donors (Lipinski definition) is 1. The second kappa shape index (κ2) is 8.10. The molecule has 0 spiro atoms. The maximum Gasteiger partial charge on any atom is 0.0623 e. The maximum absolute atomic E-state index is 5.73. The molecule has 0 aromatic heterocycles. The quantitative estimate of drug-likeness (QED) is 0.699. The summed E-state index contributed by atoms with van der Waals surface area (Å²) in [5.41, 5.74) is 0.426. The fraction of sp³-hybridized carbons (Fsp3) is 1.00. The molecule has 0 radical (unpaired) electrons. The maximum atomic E-state index is 5.73. The van der Waals surface area contributed by atoms with Gasteiger partial charge < -0.3 is 10.1 Å². The lowest BCUT2D eigenvalue weighted by atomic mass is 9.83. The van der Waals surface area contributed by atoms with Crippen molar-refractivity contribution < 1.29 is 4.74 Å². The SMILES string of the molecule is CCNC(COC(C)C)CC(C)CC(C)(C)C. The van der Waals surface area contributed by atoms with Crippen molar-refractivity contribution >= 4 is 0 Å². The molecule has 2 unspecified atom stereocenters. The summed E-state index contributed by atoms with van der Waals surface area (Å²) in [4.78, 5) is 0. The molecular formula is C15H33NO. The van der Waals surface area contributed by atoms with Gasteiger partial charge in [-0.25, -0.2) is 0 Å². The highest BCUT2D eigenvalue weighted by atomic mass is 16.5. The lowest BCUT2D eigenvalue weighted by Crippen LogP contribution is -2.36. The highest BCUT2D eigenvalue weighted by Crippen LogP contribution is 2.26. The summed E-state index contributed by atoms with van der Waals surface area (Å²) in [6, 6.07) is 0.500. The Labute approximate surface area is 109 Å². The van der Waals surface area contributed by atoms with Crippen molar-refractivity contribution in [1.29, 1.82) is 0 Å². The molecule has 0 heterocycles. The van der Waals surface area contributed by atoms with E-state index in [0.717, 1.165) is 19.1 Å². The highest BCUT2D eigenvalue weighted by molar-refractivity contribution is 4.73. The second-order valence-electron chi connectivity index (χ2n) is 6.74. The second-order valence-corrected chi connectivity index (χ2v) is 6.74. The molecule has 0 fully saturated rings. The van der Waals surface area contributed by atoms with Gasteiger partial charge in [0.15, 0.2) is 0 Å². The first-order valence-electron chi connectivity index (χ1n) is 7.09. The van der Waals surface area contributed by atoms with E-state index in [1.54, 1.807) is 0 Å². The summed E-state index contributed by atoms with van der Waals surface area (Å²) in [6.07, 6.45) is 2.81. The molecule has 0 aliphatic carbocycles. The Morgan fingerprint density at radius 2 is 1.71 bits per heavy atom. The first-order valence-corrected chi connectivity index (χ1v) is 7.09. The van der Waals surface area contributed by atoms with E-state index < -0.39 is 0 Å². The summed E-state index contributed by atoms with van der Waals surface area (Å²) in [5.74, 6) is 0.745. The van der Waals surface area contributed by atoms with Gasteiger partial charge in [0.2, 0.25) is 0 Å². The van der Waals surface area contributed by atoms with Crippen molar-refractivity contribution in [3.8, 4) is 0 Å². The van der Waals surface area contributed by atoms with Crippen molar-refractivity contribution in [2.45, 2.75) is 73.5 Å². The van der Waals surface area contributed by atoms with Crippen molar-refractivity contribution in [2.24, 2.45) is 11.3 Å². The van der Waals surface area contributed by atoms with Gasteiger partial charge in [0.05, 0.1) is 12.7 Å². The average Bonchev–Trinajstić information content (AvgIpc) is 2.11. The lowest BCUT2D eigenvalue weighted by molar-refractivity contribution is 0.0553. The van der Waals surface area contributed by atoms with E-state index in [9.17, 15) is 0 Å². The molecular weight excluding hydrogens is 210 g/mol. The predicted octanol–water partition coefficient (Wildman–Crippen LogP) is 3.85. The van der Waals surface area contributed by atoms with E-state index in [-0.39, 0.29) is 0 Å². The lowest BCUT2D eigenvalue weighted by Gasteiger charge is -2.27. The Balaban J connectivity index is 4.05. The summed E-state index contributed by atoms with van der Waals surface area (Å²) in [7, 11) is 0. The van der Waals surface area contributed by atoms with Gasteiger partial charge in [-0.05, 0) is 44.6 Å². The minimum Gasteiger partial charge on any atom is -0.377 e. The molecule has 0 saturated heterocycles. The first kappa shape index (κ1) is 16.9. The molecule has 0 aromatic rings. The molecule has 0 amide bonds. The minimum absolute atomic E-state index is 0.328. The van der Waals surface area contributed by atoms with E-state index in [1.807, 2.05) is 0 Å². The Hall–Kier alpha value is -0.0800. The molecule has 0 aliphatic heterocycles. The number of ether oxygens (including phenoxy) is 1. The van der Waals surface area contributed by atoms with Gasteiger partial charge in [0.1, 0.15) is 0 Å². The fourth-order valence-corrected chi connectivity index (χ4v) is 2.42. The molecule has 17 heavy (non-hydrogen) atoms. The topological polar surface area (TPSA) is 21.3 Å². The third kappa shape index (κ3) is 10.8. The number of nitrogens with one attached hydrogen (secondary N) is 1. The molecule has 0 bridgehead atoms. The molecule has 2 atom stereocenters. The molecule has 0 saturated carbocycles. The number of likely N-dealkylation sites (N-methyl/N-ethyl adjacent to an activating group) is 1. The van der Waals surface area contributed by atoms with Crippen LogP contribution in [0.3, 0.4) is 0 Å². The van der Waals surface area contributed by atoms with Crippen molar-refractivity contribution in [3.05, 3.63) is 0 Å². The molecule has 0 aliphatic rings. The Kier molecular flexibility index (Phi) is 8.06. The number of hydrogen-bond acceptors (Lipinski definition) is 2. The smallest absolute Gasteiger partial charge is 0.0623 e. The van der Waals surface area contributed by atoms with Crippen LogP contribution in [-0.2, 0) is 4.74 Å². The van der Waals surface area contributed by atoms with Crippen LogP contribution >= 0.6 is 0 Å². The van der Waals surface area contributed by atoms with Crippen LogP contribution in [0.5, 0.6) is 0 Å². The van der Waals surface area contributed by atoms with Crippen LogP contribution in [0.15, 0.2) is 0 Å². The van der Waals surface area contributed by atoms with Crippen LogP contribution in [0.4, 0.5) is 0 Å². The Morgan fingerprint density at radius 1 is 1.12 bits per heavy atom. The van der Waals surface area contributed by atoms with Crippen LogP contribution in [0.25, 0.3) is 0 Å². The van der Waals surface area contributed by atoms with Gasteiger partial charge >= 0.3 is 0 Å². The van der Waals surface area contributed by atoms with E-state index in [4.69, 9.17) is 4.74 Å². The average molecular weight is 243 g/mol. The van der Waals surface area contributed by atoms with Crippen LogP contribution in [0.2, 0.25) is 0 Å². The van der Waals surface area contributed by atoms with Crippen molar-refractivity contribution in [3.63, 3.8) is 0 Å². The van der Waals surface area contributed by atoms with Gasteiger partial charge in [-0.3, -0.25) is 0 Å². The summed E-state index contributed by atoms with van der Waals surface area (Å²) in [5, 5.41) is 3.53. The van der Waals surface area contributed by atoms with Crippen molar-refractivity contribution in [2.75, 3.05) is 13.2 Å². The van der Waals surface area contributed by atoms with Gasteiger partial charge in [-0.1, -0.05) is 34.6 Å². The third-order valence-electron chi connectivity index (χ3n) is 2.77. The van der Waals surface area contributed by atoms with Gasteiger partial charge in [-0.2, -0.15) is 0 Å². The highest BCUT2D eigenvalue weighted by Gasteiger charge is 2.19. The van der Waals surface area contributed by atoms with E-state index in [1.165, 1.54) is 12.8 Å². The Bertz CT molecular complexity index is 184. The molecule has 2 nitrogen and oxygen atoms in total. The van der Waals surface area contributed by atoms with Gasteiger partial charge in [-0.15, -0.1) is 0 Å². The van der Waals surface area contributed by atoms with Crippen LogP contribution in [0.1, 0.15) is 61.3 Å². The number of rotatable bonds is 8. The zero-order chi connectivity index (χ0) is 13.5.